The number of rotatable bonds is 6. The first-order chi connectivity index (χ1) is 11.2. The fourth-order valence-electron chi connectivity index (χ4n) is 2.60. The van der Waals surface area contributed by atoms with E-state index in [1.165, 1.54) is 6.07 Å². The number of halogens is 2. The van der Waals surface area contributed by atoms with Crippen molar-refractivity contribution in [2.24, 2.45) is 5.92 Å². The third-order valence-corrected chi connectivity index (χ3v) is 3.67. The van der Waals surface area contributed by atoms with Crippen LogP contribution in [0, 0.1) is 5.92 Å². The number of nitrogens with zero attached hydrogens (tertiary/aromatic N) is 3. The van der Waals surface area contributed by atoms with E-state index in [2.05, 4.69) is 35.5 Å². The minimum Gasteiger partial charge on any atom is -0.417 e. The van der Waals surface area contributed by atoms with Crippen molar-refractivity contribution in [3.05, 3.63) is 24.2 Å². The molecule has 1 aliphatic heterocycles. The van der Waals surface area contributed by atoms with Crippen molar-refractivity contribution in [1.29, 1.82) is 0 Å². The Morgan fingerprint density at radius 3 is 2.87 bits per heavy atom. The van der Waals surface area contributed by atoms with Gasteiger partial charge in [-0.2, -0.15) is 13.9 Å². The molecule has 3 N–H and O–H groups in total. The topological polar surface area (TPSA) is 87.8 Å². The number of anilines is 2. The Morgan fingerprint density at radius 2 is 2.09 bits per heavy atom. The zero-order valence-corrected chi connectivity index (χ0v) is 12.4. The van der Waals surface area contributed by atoms with Crippen LogP contribution in [0.5, 0.6) is 5.88 Å². The summed E-state index contributed by atoms with van der Waals surface area (Å²) < 4.78 is 28.5. The van der Waals surface area contributed by atoms with Crippen LogP contribution < -0.4 is 15.4 Å². The van der Waals surface area contributed by atoms with Crippen molar-refractivity contribution in [2.45, 2.75) is 25.9 Å². The Balaban J connectivity index is 1.61. The summed E-state index contributed by atoms with van der Waals surface area (Å²) in [6.45, 7) is -0.816. The summed E-state index contributed by atoms with van der Waals surface area (Å²) in [4.78, 5) is 8.67. The first-order valence-electron chi connectivity index (χ1n) is 7.48. The fraction of sp³-hybridized carbons (Fsp3) is 0.500. The average molecular weight is 324 g/mol. The number of aromatic amines is 1. The molecule has 0 bridgehead atoms. The lowest BCUT2D eigenvalue weighted by molar-refractivity contribution is -0.0528. The lowest BCUT2D eigenvalue weighted by Crippen LogP contribution is -2.28. The second-order valence-electron chi connectivity index (χ2n) is 5.41. The highest BCUT2D eigenvalue weighted by Gasteiger charge is 2.15. The van der Waals surface area contributed by atoms with Gasteiger partial charge in [-0.1, -0.05) is 0 Å². The Labute approximate surface area is 131 Å². The van der Waals surface area contributed by atoms with Crippen molar-refractivity contribution < 1.29 is 13.5 Å². The summed E-state index contributed by atoms with van der Waals surface area (Å²) in [7, 11) is 0. The molecule has 0 unspecified atom stereocenters. The van der Waals surface area contributed by atoms with Gasteiger partial charge in [-0.15, -0.1) is 0 Å². The van der Waals surface area contributed by atoms with Crippen molar-refractivity contribution >= 4 is 11.6 Å². The monoisotopic (exact) mass is 324 g/mol. The third kappa shape index (κ3) is 4.59. The molecule has 0 radical (unpaired) electrons. The van der Waals surface area contributed by atoms with Gasteiger partial charge in [-0.3, -0.25) is 4.98 Å². The maximum absolute atomic E-state index is 12.1. The maximum Gasteiger partial charge on any atom is 0.388 e. The van der Waals surface area contributed by atoms with E-state index in [4.69, 9.17) is 0 Å². The summed E-state index contributed by atoms with van der Waals surface area (Å²) in [6, 6.07) is 1.34. The van der Waals surface area contributed by atoms with Crippen molar-refractivity contribution in [2.75, 3.05) is 18.4 Å². The molecule has 3 heterocycles. The summed E-state index contributed by atoms with van der Waals surface area (Å²) in [5.41, 5.74) is 0.904. The van der Waals surface area contributed by atoms with Crippen LogP contribution in [0.1, 0.15) is 18.5 Å². The molecule has 9 heteroatoms. The molecular formula is C14H18F2N6O. The lowest BCUT2D eigenvalue weighted by atomic mass is 9.93. The van der Waals surface area contributed by atoms with E-state index in [9.17, 15) is 8.78 Å². The van der Waals surface area contributed by atoms with Crippen LogP contribution in [0.15, 0.2) is 18.5 Å². The second-order valence-corrected chi connectivity index (χ2v) is 5.41. The van der Waals surface area contributed by atoms with Gasteiger partial charge < -0.3 is 15.4 Å². The van der Waals surface area contributed by atoms with E-state index in [1.807, 2.05) is 0 Å². The van der Waals surface area contributed by atoms with Gasteiger partial charge in [-0.05, 0) is 38.3 Å². The van der Waals surface area contributed by atoms with Crippen LogP contribution in [0.25, 0.3) is 0 Å². The van der Waals surface area contributed by atoms with E-state index < -0.39 is 6.61 Å². The van der Waals surface area contributed by atoms with Crippen LogP contribution in [-0.2, 0) is 6.42 Å². The minimum absolute atomic E-state index is 0.110. The summed E-state index contributed by atoms with van der Waals surface area (Å²) >= 11 is 0. The quantitative estimate of drug-likeness (QED) is 0.754. The molecule has 2 aromatic heterocycles. The van der Waals surface area contributed by atoms with E-state index >= 15 is 0 Å². The number of ether oxygens (including phenoxy) is 1. The van der Waals surface area contributed by atoms with Gasteiger partial charge in [-0.25, -0.2) is 10.1 Å². The molecule has 1 aliphatic rings. The van der Waals surface area contributed by atoms with Crippen LogP contribution in [0.4, 0.5) is 20.4 Å². The predicted molar refractivity (Wildman–Crippen MR) is 79.8 cm³/mol. The van der Waals surface area contributed by atoms with Gasteiger partial charge in [0, 0.05) is 12.3 Å². The molecule has 1 fully saturated rings. The molecule has 0 saturated carbocycles. The maximum atomic E-state index is 12.1. The lowest BCUT2D eigenvalue weighted by Gasteiger charge is -2.22. The summed E-state index contributed by atoms with van der Waals surface area (Å²) in [5, 5.41) is 12.5. The minimum atomic E-state index is -2.89. The molecule has 0 atom stereocenters. The number of alkyl halides is 2. The molecular weight excluding hydrogens is 306 g/mol. The number of aromatic nitrogens is 4. The molecule has 23 heavy (non-hydrogen) atoms. The molecule has 0 aliphatic carbocycles. The van der Waals surface area contributed by atoms with Gasteiger partial charge in [0.25, 0.3) is 0 Å². The number of hydrogen-bond acceptors (Lipinski definition) is 6. The predicted octanol–water partition coefficient (Wildman–Crippen LogP) is 2.09. The van der Waals surface area contributed by atoms with E-state index in [0.29, 0.717) is 17.6 Å². The van der Waals surface area contributed by atoms with Crippen molar-refractivity contribution in [3.63, 3.8) is 0 Å². The molecule has 124 valence electrons. The largest absolute Gasteiger partial charge is 0.417 e. The number of nitrogens with one attached hydrogen (secondary N) is 3. The average Bonchev–Trinajstić information content (AvgIpc) is 2.95. The van der Waals surface area contributed by atoms with E-state index in [-0.39, 0.29) is 5.88 Å². The Hall–Kier alpha value is -2.29. The smallest absolute Gasteiger partial charge is 0.388 e. The molecule has 3 rings (SSSR count). The highest BCUT2D eigenvalue weighted by molar-refractivity contribution is 5.51. The van der Waals surface area contributed by atoms with E-state index in [0.717, 1.165) is 38.0 Å². The zero-order chi connectivity index (χ0) is 16.1. The van der Waals surface area contributed by atoms with E-state index in [1.54, 1.807) is 12.4 Å². The number of hydrogen-bond donors (Lipinski definition) is 3. The molecule has 2 aromatic rings. The SMILES string of the molecule is FC(F)Oc1cc(Nc2cncc(CC3CCNCC3)n2)n[nH]1. The normalized spacial score (nSPS) is 15.8. The van der Waals surface area contributed by atoms with Crippen molar-refractivity contribution in [3.8, 4) is 5.88 Å². The van der Waals surface area contributed by atoms with Gasteiger partial charge in [0.1, 0.15) is 5.82 Å². The molecule has 7 nitrogen and oxygen atoms in total. The highest BCUT2D eigenvalue weighted by atomic mass is 19.3. The number of piperidine rings is 1. The zero-order valence-electron chi connectivity index (χ0n) is 12.4. The Morgan fingerprint density at radius 1 is 1.26 bits per heavy atom. The second kappa shape index (κ2) is 7.32. The number of H-pyrrole nitrogens is 1. The van der Waals surface area contributed by atoms with Gasteiger partial charge in [0.15, 0.2) is 5.82 Å². The van der Waals surface area contributed by atoms with Crippen LogP contribution in [0.3, 0.4) is 0 Å². The first kappa shape index (κ1) is 15.6. The fourth-order valence-corrected chi connectivity index (χ4v) is 2.60. The molecule has 0 aromatic carbocycles. The third-order valence-electron chi connectivity index (χ3n) is 3.67. The van der Waals surface area contributed by atoms with Gasteiger partial charge in [0.05, 0.1) is 11.9 Å². The van der Waals surface area contributed by atoms with Crippen LogP contribution in [0.2, 0.25) is 0 Å². The molecule has 1 saturated heterocycles. The van der Waals surface area contributed by atoms with Gasteiger partial charge in [0.2, 0.25) is 5.88 Å². The molecule has 0 amide bonds. The molecule has 0 spiro atoms. The van der Waals surface area contributed by atoms with Crippen LogP contribution >= 0.6 is 0 Å². The first-order valence-corrected chi connectivity index (χ1v) is 7.48. The van der Waals surface area contributed by atoms with Crippen LogP contribution in [-0.4, -0.2) is 39.9 Å². The van der Waals surface area contributed by atoms with Gasteiger partial charge >= 0.3 is 6.61 Å². The summed E-state index contributed by atoms with van der Waals surface area (Å²) in [6.07, 6.45) is 6.46. The van der Waals surface area contributed by atoms with Crippen molar-refractivity contribution in [1.82, 2.24) is 25.5 Å². The summed E-state index contributed by atoms with van der Waals surface area (Å²) in [5.74, 6) is 1.36. The highest BCUT2D eigenvalue weighted by Crippen LogP contribution is 2.20. The standard InChI is InChI=1S/C14H18F2N6O/c15-14(16)23-13-6-11(21-22-13)20-12-8-18-7-10(19-12)5-9-1-3-17-4-2-9/h6-9,14,17H,1-5H2,(H2,19,20,21,22). The Kier molecular flexibility index (Phi) is 4.96. The Bertz CT molecular complexity index is 629.